The van der Waals surface area contributed by atoms with E-state index in [1.165, 1.54) is 38.5 Å². The number of hydrogen-bond acceptors (Lipinski definition) is 3. The highest BCUT2D eigenvalue weighted by atomic mass is 16.7. The highest BCUT2D eigenvalue weighted by molar-refractivity contribution is 4.75. The van der Waals surface area contributed by atoms with Crippen molar-refractivity contribution in [1.29, 1.82) is 5.26 Å². The normalized spacial score (nSPS) is 11.5. The minimum atomic E-state index is -0.472. The lowest BCUT2D eigenvalue weighted by atomic mass is 10.00. The summed E-state index contributed by atoms with van der Waals surface area (Å²) in [6.45, 7) is 2.24. The third-order valence-corrected chi connectivity index (χ3v) is 3.75. The lowest BCUT2D eigenvalue weighted by Crippen LogP contribution is -2.33. The topological polar surface area (TPSA) is 42.2 Å². The van der Waals surface area contributed by atoms with Crippen LogP contribution in [0.1, 0.15) is 77.6 Å². The molecule has 0 saturated heterocycles. The van der Waals surface area contributed by atoms with Crippen LogP contribution in [0.4, 0.5) is 0 Å². The Balaban J connectivity index is 3.78. The molecule has 0 fully saturated rings. The predicted molar refractivity (Wildman–Crippen MR) is 78.8 cm³/mol. The van der Waals surface area contributed by atoms with Gasteiger partial charge in [0.15, 0.2) is 5.79 Å². The molecule has 0 heterocycles. The van der Waals surface area contributed by atoms with E-state index in [4.69, 9.17) is 14.7 Å². The summed E-state index contributed by atoms with van der Waals surface area (Å²) in [5, 5.41) is 8.59. The number of hydrogen-bond donors (Lipinski definition) is 0. The van der Waals surface area contributed by atoms with Gasteiger partial charge in [0.05, 0.1) is 6.07 Å². The van der Waals surface area contributed by atoms with Crippen LogP contribution in [0, 0.1) is 11.3 Å². The van der Waals surface area contributed by atoms with E-state index in [0.717, 1.165) is 25.7 Å². The van der Waals surface area contributed by atoms with Gasteiger partial charge < -0.3 is 9.47 Å². The van der Waals surface area contributed by atoms with Gasteiger partial charge in [0, 0.05) is 33.5 Å². The van der Waals surface area contributed by atoms with Gasteiger partial charge in [-0.05, 0) is 12.8 Å². The Morgan fingerprint density at radius 2 is 1.37 bits per heavy atom. The first-order chi connectivity index (χ1) is 9.24. The van der Waals surface area contributed by atoms with Crippen LogP contribution < -0.4 is 0 Å². The van der Waals surface area contributed by atoms with Crippen molar-refractivity contribution < 1.29 is 9.47 Å². The average Bonchev–Trinajstić information content (AvgIpc) is 2.45. The van der Waals surface area contributed by atoms with Crippen molar-refractivity contribution in [3.8, 4) is 6.07 Å². The number of methoxy groups -OCH3 is 2. The lowest BCUT2D eigenvalue weighted by Gasteiger charge is -2.31. The molecule has 112 valence electrons. The molecule has 0 saturated carbocycles. The van der Waals surface area contributed by atoms with Gasteiger partial charge in [-0.2, -0.15) is 5.26 Å². The molecule has 0 spiro atoms. The summed E-state index contributed by atoms with van der Waals surface area (Å²) in [6, 6.07) is 2.17. The number of rotatable bonds is 13. The van der Waals surface area contributed by atoms with Crippen molar-refractivity contribution in [2.24, 2.45) is 0 Å². The Morgan fingerprint density at radius 3 is 1.89 bits per heavy atom. The molecule has 0 rings (SSSR count). The number of nitriles is 1. The number of nitrogens with zero attached hydrogens (tertiary/aromatic N) is 1. The first kappa shape index (κ1) is 18.4. The first-order valence-electron chi connectivity index (χ1n) is 7.72. The van der Waals surface area contributed by atoms with Gasteiger partial charge in [0.1, 0.15) is 0 Å². The molecule has 0 aromatic rings. The standard InChI is InChI=1S/C16H31NO2/c1-4-5-6-7-8-9-10-13-16(18-2,19-3)14-11-12-15-17/h4-14H2,1-3H3. The van der Waals surface area contributed by atoms with Gasteiger partial charge in [0.25, 0.3) is 0 Å². The third-order valence-electron chi connectivity index (χ3n) is 3.75. The zero-order valence-corrected chi connectivity index (χ0v) is 13.0. The highest BCUT2D eigenvalue weighted by Gasteiger charge is 2.28. The molecule has 0 aliphatic rings. The van der Waals surface area contributed by atoms with Gasteiger partial charge in [0.2, 0.25) is 0 Å². The average molecular weight is 269 g/mol. The molecule has 0 unspecified atom stereocenters. The highest BCUT2D eigenvalue weighted by Crippen LogP contribution is 2.26. The van der Waals surface area contributed by atoms with Crippen molar-refractivity contribution >= 4 is 0 Å². The molecule has 3 nitrogen and oxygen atoms in total. The van der Waals surface area contributed by atoms with Gasteiger partial charge in [-0.15, -0.1) is 0 Å². The predicted octanol–water partition coefficient (Wildman–Crippen LogP) is 4.81. The van der Waals surface area contributed by atoms with E-state index in [9.17, 15) is 0 Å². The van der Waals surface area contributed by atoms with Crippen molar-refractivity contribution in [2.45, 2.75) is 83.3 Å². The Hall–Kier alpha value is -0.590. The molecular formula is C16H31NO2. The molecule has 0 amide bonds. The molecular weight excluding hydrogens is 238 g/mol. The first-order valence-corrected chi connectivity index (χ1v) is 7.72. The van der Waals surface area contributed by atoms with Crippen molar-refractivity contribution in [2.75, 3.05) is 14.2 Å². The van der Waals surface area contributed by atoms with Crippen LogP contribution >= 0.6 is 0 Å². The maximum Gasteiger partial charge on any atom is 0.167 e. The number of ether oxygens (including phenoxy) is 2. The molecule has 0 N–H and O–H groups in total. The summed E-state index contributed by atoms with van der Waals surface area (Å²) in [4.78, 5) is 0. The summed E-state index contributed by atoms with van der Waals surface area (Å²) >= 11 is 0. The van der Waals surface area contributed by atoms with Crippen LogP contribution in [-0.4, -0.2) is 20.0 Å². The Bertz CT molecular complexity index is 231. The second kappa shape index (κ2) is 12.4. The molecule has 0 aliphatic heterocycles. The fourth-order valence-corrected chi connectivity index (χ4v) is 2.40. The van der Waals surface area contributed by atoms with E-state index in [1.807, 2.05) is 0 Å². The SMILES string of the molecule is CCCCCCCCCC(CCCC#N)(OC)OC. The maximum absolute atomic E-state index is 8.59. The molecule has 0 radical (unpaired) electrons. The van der Waals surface area contributed by atoms with E-state index < -0.39 is 5.79 Å². The second-order valence-electron chi connectivity index (χ2n) is 5.20. The molecule has 3 heteroatoms. The molecule has 0 aliphatic carbocycles. The van der Waals surface area contributed by atoms with Crippen LogP contribution in [0.25, 0.3) is 0 Å². The zero-order valence-electron chi connectivity index (χ0n) is 13.0. The monoisotopic (exact) mass is 269 g/mol. The van der Waals surface area contributed by atoms with Gasteiger partial charge >= 0.3 is 0 Å². The molecule has 0 atom stereocenters. The van der Waals surface area contributed by atoms with E-state index in [2.05, 4.69) is 13.0 Å². The van der Waals surface area contributed by atoms with Crippen LogP contribution in [0.5, 0.6) is 0 Å². The van der Waals surface area contributed by atoms with Crippen molar-refractivity contribution in [3.05, 3.63) is 0 Å². The van der Waals surface area contributed by atoms with Crippen LogP contribution in [0.15, 0.2) is 0 Å². The Morgan fingerprint density at radius 1 is 0.842 bits per heavy atom. The molecule has 0 aromatic heterocycles. The fraction of sp³-hybridized carbons (Fsp3) is 0.938. The van der Waals surface area contributed by atoms with Crippen LogP contribution in [-0.2, 0) is 9.47 Å². The van der Waals surface area contributed by atoms with E-state index in [0.29, 0.717) is 6.42 Å². The summed E-state index contributed by atoms with van der Waals surface area (Å²) in [5.41, 5.74) is 0. The van der Waals surface area contributed by atoms with E-state index in [1.54, 1.807) is 14.2 Å². The third kappa shape index (κ3) is 9.02. The minimum absolute atomic E-state index is 0.472. The minimum Gasteiger partial charge on any atom is -0.353 e. The second-order valence-corrected chi connectivity index (χ2v) is 5.20. The summed E-state index contributed by atoms with van der Waals surface area (Å²) < 4.78 is 11.1. The smallest absolute Gasteiger partial charge is 0.167 e. The summed E-state index contributed by atoms with van der Waals surface area (Å²) in [5.74, 6) is -0.472. The van der Waals surface area contributed by atoms with Crippen molar-refractivity contribution in [1.82, 2.24) is 0 Å². The van der Waals surface area contributed by atoms with Crippen LogP contribution in [0.3, 0.4) is 0 Å². The summed E-state index contributed by atoms with van der Waals surface area (Å²) in [7, 11) is 3.41. The van der Waals surface area contributed by atoms with Crippen molar-refractivity contribution in [3.63, 3.8) is 0 Å². The quantitative estimate of drug-likeness (QED) is 0.356. The molecule has 0 aromatic carbocycles. The lowest BCUT2D eigenvalue weighted by molar-refractivity contribution is -0.216. The summed E-state index contributed by atoms with van der Waals surface area (Å²) in [6.07, 6.45) is 12.2. The maximum atomic E-state index is 8.59. The number of unbranched alkanes of at least 4 members (excludes halogenated alkanes) is 7. The van der Waals surface area contributed by atoms with Gasteiger partial charge in [-0.1, -0.05) is 45.4 Å². The molecule has 19 heavy (non-hydrogen) atoms. The molecule has 0 bridgehead atoms. The van der Waals surface area contributed by atoms with Gasteiger partial charge in [-0.3, -0.25) is 0 Å². The largest absolute Gasteiger partial charge is 0.353 e. The van der Waals surface area contributed by atoms with E-state index in [-0.39, 0.29) is 0 Å². The van der Waals surface area contributed by atoms with E-state index >= 15 is 0 Å². The Labute approximate surface area is 119 Å². The zero-order chi connectivity index (χ0) is 14.4. The van der Waals surface area contributed by atoms with Crippen LogP contribution in [0.2, 0.25) is 0 Å². The Kier molecular flexibility index (Phi) is 12.1. The van der Waals surface area contributed by atoms with Gasteiger partial charge in [-0.25, -0.2) is 0 Å². The fourth-order valence-electron chi connectivity index (χ4n) is 2.40.